The van der Waals surface area contributed by atoms with Gasteiger partial charge in [0, 0.05) is 23.1 Å². The molecule has 3 aromatic carbocycles. The number of nitrogens with zero attached hydrogens (tertiary/aromatic N) is 1. The van der Waals surface area contributed by atoms with Gasteiger partial charge in [-0.2, -0.15) is 0 Å². The van der Waals surface area contributed by atoms with Crippen LogP contribution in [-0.2, 0) is 4.74 Å². The van der Waals surface area contributed by atoms with E-state index in [4.69, 9.17) is 9.47 Å². The molecule has 166 valence electrons. The first-order valence-electron chi connectivity index (χ1n) is 9.94. The lowest BCUT2D eigenvalue weighted by Crippen LogP contribution is -2.24. The largest absolute Gasteiger partial charge is 0.493 e. The van der Waals surface area contributed by atoms with Crippen LogP contribution in [0.2, 0.25) is 0 Å². The summed E-state index contributed by atoms with van der Waals surface area (Å²) in [6.07, 6.45) is 0.270. The fourth-order valence-corrected chi connectivity index (χ4v) is 3.55. The lowest BCUT2D eigenvalue weighted by Gasteiger charge is -2.18. The zero-order valence-electron chi connectivity index (χ0n) is 17.1. The highest BCUT2D eigenvalue weighted by Gasteiger charge is 2.38. The van der Waals surface area contributed by atoms with Gasteiger partial charge >= 0.3 is 5.97 Å². The van der Waals surface area contributed by atoms with Gasteiger partial charge in [0.25, 0.3) is 5.69 Å². The smallest absolute Gasteiger partial charge is 0.345 e. The van der Waals surface area contributed by atoms with Crippen LogP contribution in [0.15, 0.2) is 60.7 Å². The van der Waals surface area contributed by atoms with Crippen molar-refractivity contribution in [2.75, 3.05) is 13.2 Å². The van der Waals surface area contributed by atoms with Crippen LogP contribution in [0.3, 0.4) is 0 Å². The normalized spacial score (nSPS) is 12.0. The van der Waals surface area contributed by atoms with E-state index in [0.717, 1.165) is 6.07 Å². The van der Waals surface area contributed by atoms with E-state index < -0.39 is 45.1 Å². The Kier molecular flexibility index (Phi) is 5.95. The molecule has 0 N–H and O–H groups in total. The zero-order chi connectivity index (χ0) is 23.5. The number of hydrogen-bond donors (Lipinski definition) is 0. The number of rotatable bonds is 7. The minimum atomic E-state index is -0.995. The Morgan fingerprint density at radius 2 is 1.55 bits per heavy atom. The summed E-state index contributed by atoms with van der Waals surface area (Å²) in [5.41, 5.74) is -1.53. The van der Waals surface area contributed by atoms with Crippen LogP contribution in [0.1, 0.15) is 48.6 Å². The highest BCUT2D eigenvalue weighted by atomic mass is 19.1. The fourth-order valence-electron chi connectivity index (χ4n) is 3.55. The van der Waals surface area contributed by atoms with Crippen molar-refractivity contribution in [1.82, 2.24) is 0 Å². The predicted molar refractivity (Wildman–Crippen MR) is 113 cm³/mol. The first-order valence-corrected chi connectivity index (χ1v) is 9.94. The number of carbonyl (C=O) groups is 3. The number of hydrogen-bond acceptors (Lipinski definition) is 7. The molecule has 0 saturated carbocycles. The molecule has 1 aliphatic rings. The molecule has 0 aliphatic heterocycles. The van der Waals surface area contributed by atoms with Gasteiger partial charge in [0.1, 0.15) is 22.7 Å². The van der Waals surface area contributed by atoms with E-state index in [-0.39, 0.29) is 36.3 Å². The maximum absolute atomic E-state index is 13.0. The Hall–Kier alpha value is -4.40. The topological polar surface area (TPSA) is 113 Å². The molecule has 9 heteroatoms. The molecule has 1 aliphatic carbocycles. The van der Waals surface area contributed by atoms with Crippen LogP contribution in [0, 0.1) is 15.9 Å². The molecule has 0 fully saturated rings. The lowest BCUT2D eigenvalue weighted by atomic mass is 9.82. The van der Waals surface area contributed by atoms with Crippen molar-refractivity contribution in [1.29, 1.82) is 0 Å². The SMILES string of the molecule is O=C1c2ccccc2C(=O)c2c1ccc(C(=O)OCCCOc1ccc(F)cc1)c2[N+](=O)[O-]. The van der Waals surface area contributed by atoms with E-state index in [1.54, 1.807) is 12.1 Å². The van der Waals surface area contributed by atoms with Crippen LogP contribution in [0.5, 0.6) is 5.75 Å². The average molecular weight is 449 g/mol. The molecule has 0 amide bonds. The van der Waals surface area contributed by atoms with Crippen LogP contribution in [0.4, 0.5) is 10.1 Å². The second-order valence-electron chi connectivity index (χ2n) is 7.14. The first-order chi connectivity index (χ1) is 15.9. The summed E-state index contributed by atoms with van der Waals surface area (Å²) in [6.45, 7) is 0.0545. The van der Waals surface area contributed by atoms with Gasteiger partial charge in [-0.3, -0.25) is 19.7 Å². The molecule has 0 bridgehead atoms. The molecule has 0 spiro atoms. The maximum Gasteiger partial charge on any atom is 0.345 e. The molecule has 0 saturated heterocycles. The molecule has 0 unspecified atom stereocenters. The summed E-state index contributed by atoms with van der Waals surface area (Å²) < 4.78 is 23.4. The molecular weight excluding hydrogens is 433 g/mol. The van der Waals surface area contributed by atoms with Gasteiger partial charge < -0.3 is 9.47 Å². The van der Waals surface area contributed by atoms with Gasteiger partial charge in [-0.05, 0) is 36.4 Å². The predicted octanol–water partition coefficient (Wildman–Crippen LogP) is 4.14. The van der Waals surface area contributed by atoms with E-state index in [1.807, 2.05) is 0 Å². The minimum absolute atomic E-state index is 0.0431. The highest BCUT2D eigenvalue weighted by Crippen LogP contribution is 2.35. The number of ketones is 2. The fraction of sp³-hybridized carbons (Fsp3) is 0.125. The molecule has 0 radical (unpaired) electrons. The maximum atomic E-state index is 13.0. The van der Waals surface area contributed by atoms with Gasteiger partial charge in [-0.25, -0.2) is 9.18 Å². The van der Waals surface area contributed by atoms with Gasteiger partial charge in [-0.15, -0.1) is 0 Å². The van der Waals surface area contributed by atoms with Crippen molar-refractivity contribution in [3.8, 4) is 5.75 Å². The summed E-state index contributed by atoms with van der Waals surface area (Å²) in [4.78, 5) is 49.2. The highest BCUT2D eigenvalue weighted by molar-refractivity contribution is 6.30. The number of benzene rings is 3. The van der Waals surface area contributed by atoms with Crippen molar-refractivity contribution in [3.05, 3.63) is 104 Å². The average Bonchev–Trinajstić information content (AvgIpc) is 2.82. The molecule has 3 aromatic rings. The standard InChI is InChI=1S/C24H16FNO7/c25-14-6-8-15(9-7-14)32-12-3-13-33-24(29)19-11-10-18-20(21(19)26(30)31)23(28)17-5-2-1-4-16(17)22(18)27/h1-2,4-11H,3,12-13H2. The van der Waals surface area contributed by atoms with Crippen LogP contribution in [-0.4, -0.2) is 35.7 Å². The molecule has 0 heterocycles. The van der Waals surface area contributed by atoms with Gasteiger partial charge in [0.15, 0.2) is 5.78 Å². The molecule has 8 nitrogen and oxygen atoms in total. The Labute approximate surface area is 186 Å². The molecular formula is C24H16FNO7. The second kappa shape index (κ2) is 8.99. The summed E-state index contributed by atoms with van der Waals surface area (Å²) in [7, 11) is 0. The number of nitro benzene ring substituents is 1. The van der Waals surface area contributed by atoms with E-state index in [1.165, 1.54) is 42.5 Å². The number of halogens is 1. The zero-order valence-corrected chi connectivity index (χ0v) is 17.1. The van der Waals surface area contributed by atoms with Crippen molar-refractivity contribution >= 4 is 23.2 Å². The molecule has 0 aromatic heterocycles. The third-order valence-electron chi connectivity index (χ3n) is 5.07. The number of fused-ring (bicyclic) bond motifs is 2. The van der Waals surface area contributed by atoms with Gasteiger partial charge in [0.2, 0.25) is 5.78 Å². The van der Waals surface area contributed by atoms with Gasteiger partial charge in [0.05, 0.1) is 18.1 Å². The number of nitro groups is 1. The molecule has 0 atom stereocenters. The number of ether oxygens (including phenoxy) is 2. The van der Waals surface area contributed by atoms with E-state index >= 15 is 0 Å². The van der Waals surface area contributed by atoms with Crippen LogP contribution in [0.25, 0.3) is 0 Å². The summed E-state index contributed by atoms with van der Waals surface area (Å²) in [5.74, 6) is -2.18. The quantitative estimate of drug-likeness (QED) is 0.180. The Morgan fingerprint density at radius 1 is 0.879 bits per heavy atom. The van der Waals surface area contributed by atoms with Gasteiger partial charge in [-0.1, -0.05) is 24.3 Å². The third-order valence-corrected chi connectivity index (χ3v) is 5.07. The molecule has 33 heavy (non-hydrogen) atoms. The Bertz CT molecular complexity index is 1280. The van der Waals surface area contributed by atoms with Crippen molar-refractivity contribution < 1.29 is 33.2 Å². The number of carbonyl (C=O) groups excluding carboxylic acids is 3. The Morgan fingerprint density at radius 3 is 2.21 bits per heavy atom. The number of esters is 1. The monoisotopic (exact) mass is 449 g/mol. The van der Waals surface area contributed by atoms with Crippen LogP contribution >= 0.6 is 0 Å². The lowest BCUT2D eigenvalue weighted by molar-refractivity contribution is -0.385. The van der Waals surface area contributed by atoms with Crippen molar-refractivity contribution in [2.24, 2.45) is 0 Å². The van der Waals surface area contributed by atoms with Crippen molar-refractivity contribution in [2.45, 2.75) is 6.42 Å². The third kappa shape index (κ3) is 4.20. The minimum Gasteiger partial charge on any atom is -0.493 e. The second-order valence-corrected chi connectivity index (χ2v) is 7.14. The van der Waals surface area contributed by atoms with Crippen molar-refractivity contribution in [3.63, 3.8) is 0 Å². The summed E-state index contributed by atoms with van der Waals surface area (Å²) in [6, 6.07) is 13.8. The van der Waals surface area contributed by atoms with E-state index in [9.17, 15) is 28.9 Å². The molecule has 4 rings (SSSR count). The summed E-state index contributed by atoms with van der Waals surface area (Å²) >= 11 is 0. The van der Waals surface area contributed by atoms with Crippen LogP contribution < -0.4 is 4.74 Å². The van der Waals surface area contributed by atoms with E-state index in [2.05, 4.69) is 0 Å². The Balaban J connectivity index is 1.50. The first kappa shape index (κ1) is 21.8. The van der Waals surface area contributed by atoms with E-state index in [0.29, 0.717) is 5.75 Å². The summed E-state index contributed by atoms with van der Waals surface area (Å²) in [5, 5.41) is 11.8.